The summed E-state index contributed by atoms with van der Waals surface area (Å²) >= 11 is 0. The molecular weight excluding hydrogens is 293 g/mol. The third-order valence-corrected chi connectivity index (χ3v) is 3.60. The molecule has 4 heteroatoms. The largest absolute Gasteiger partial charge is 0.461 e. The number of amides is 1. The van der Waals surface area contributed by atoms with Crippen LogP contribution in [0.2, 0.25) is 0 Å². The molecule has 0 fully saturated rings. The van der Waals surface area contributed by atoms with E-state index < -0.39 is 0 Å². The van der Waals surface area contributed by atoms with Gasteiger partial charge in [-0.1, -0.05) is 29.8 Å². The van der Waals surface area contributed by atoms with E-state index in [2.05, 4.69) is 5.32 Å². The van der Waals surface area contributed by atoms with Crippen molar-refractivity contribution in [1.29, 1.82) is 0 Å². The molecule has 1 amide bonds. The van der Waals surface area contributed by atoms with Crippen molar-refractivity contribution in [2.45, 2.75) is 13.8 Å². The molecule has 0 unspecified atom stereocenters. The average Bonchev–Trinajstić information content (AvgIpc) is 2.92. The summed E-state index contributed by atoms with van der Waals surface area (Å²) < 4.78 is 18.6. The summed E-state index contributed by atoms with van der Waals surface area (Å²) in [4.78, 5) is 12.4. The van der Waals surface area contributed by atoms with E-state index in [1.54, 1.807) is 13.0 Å². The molecule has 3 aromatic rings. The summed E-state index contributed by atoms with van der Waals surface area (Å²) in [5.41, 5.74) is 3.07. The summed E-state index contributed by atoms with van der Waals surface area (Å²) in [6.45, 7) is 3.76. The van der Waals surface area contributed by atoms with Crippen LogP contribution in [0.25, 0.3) is 11.3 Å². The van der Waals surface area contributed by atoms with Gasteiger partial charge in [-0.25, -0.2) is 4.39 Å². The molecular formula is C19H16FNO2. The number of benzene rings is 2. The second kappa shape index (κ2) is 6.08. The van der Waals surface area contributed by atoms with Crippen LogP contribution in [0.15, 0.2) is 59.0 Å². The van der Waals surface area contributed by atoms with E-state index in [1.807, 2.05) is 31.2 Å². The SMILES string of the molecule is Cc1ccc(-c2cc(C(=O)Nc3ccc(F)cc3)c(C)o2)cc1. The van der Waals surface area contributed by atoms with Crippen LogP contribution in [-0.2, 0) is 0 Å². The van der Waals surface area contributed by atoms with E-state index in [0.717, 1.165) is 11.1 Å². The van der Waals surface area contributed by atoms with E-state index in [0.29, 0.717) is 22.8 Å². The van der Waals surface area contributed by atoms with E-state index in [9.17, 15) is 9.18 Å². The minimum Gasteiger partial charge on any atom is -0.461 e. The summed E-state index contributed by atoms with van der Waals surface area (Å²) in [5.74, 6) is 0.562. The van der Waals surface area contributed by atoms with Crippen molar-refractivity contribution in [1.82, 2.24) is 0 Å². The Bertz CT molecular complexity index is 833. The van der Waals surface area contributed by atoms with Crippen LogP contribution >= 0.6 is 0 Å². The molecule has 116 valence electrons. The third-order valence-electron chi connectivity index (χ3n) is 3.60. The Labute approximate surface area is 133 Å². The van der Waals surface area contributed by atoms with Crippen LogP contribution in [0.3, 0.4) is 0 Å². The zero-order valence-electron chi connectivity index (χ0n) is 12.9. The van der Waals surface area contributed by atoms with Crippen molar-refractivity contribution in [2.75, 3.05) is 5.32 Å². The Morgan fingerprint density at radius 1 is 1.00 bits per heavy atom. The fourth-order valence-electron chi connectivity index (χ4n) is 2.30. The molecule has 0 atom stereocenters. The number of nitrogens with one attached hydrogen (secondary N) is 1. The van der Waals surface area contributed by atoms with Crippen molar-refractivity contribution < 1.29 is 13.6 Å². The summed E-state index contributed by atoms with van der Waals surface area (Å²) in [5, 5.41) is 2.73. The molecule has 0 bridgehead atoms. The van der Waals surface area contributed by atoms with Gasteiger partial charge in [0.05, 0.1) is 5.56 Å². The number of rotatable bonds is 3. The van der Waals surface area contributed by atoms with Gasteiger partial charge in [0, 0.05) is 11.3 Å². The van der Waals surface area contributed by atoms with Crippen molar-refractivity contribution in [3.8, 4) is 11.3 Å². The van der Waals surface area contributed by atoms with Gasteiger partial charge in [-0.3, -0.25) is 4.79 Å². The molecule has 0 spiro atoms. The van der Waals surface area contributed by atoms with Gasteiger partial charge in [0.15, 0.2) is 0 Å². The molecule has 0 aliphatic rings. The Morgan fingerprint density at radius 2 is 1.65 bits per heavy atom. The van der Waals surface area contributed by atoms with Gasteiger partial charge >= 0.3 is 0 Å². The smallest absolute Gasteiger partial charge is 0.259 e. The predicted molar refractivity (Wildman–Crippen MR) is 88.0 cm³/mol. The number of hydrogen-bond donors (Lipinski definition) is 1. The first kappa shape index (κ1) is 15.0. The molecule has 0 aliphatic heterocycles. The number of aryl methyl sites for hydroxylation is 2. The van der Waals surface area contributed by atoms with Gasteiger partial charge in [-0.15, -0.1) is 0 Å². The Balaban J connectivity index is 1.84. The van der Waals surface area contributed by atoms with E-state index >= 15 is 0 Å². The Morgan fingerprint density at radius 3 is 2.30 bits per heavy atom. The number of anilines is 1. The van der Waals surface area contributed by atoms with Crippen molar-refractivity contribution in [3.05, 3.63) is 77.3 Å². The number of carbonyl (C=O) groups is 1. The highest BCUT2D eigenvalue weighted by Gasteiger charge is 2.16. The highest BCUT2D eigenvalue weighted by atomic mass is 19.1. The molecule has 3 nitrogen and oxygen atoms in total. The van der Waals surface area contributed by atoms with E-state index in [1.165, 1.54) is 24.3 Å². The van der Waals surface area contributed by atoms with Gasteiger partial charge in [0.25, 0.3) is 5.91 Å². The maximum absolute atomic E-state index is 12.9. The number of halogens is 1. The van der Waals surface area contributed by atoms with Gasteiger partial charge in [0.2, 0.25) is 0 Å². The average molecular weight is 309 g/mol. The maximum Gasteiger partial charge on any atom is 0.259 e. The lowest BCUT2D eigenvalue weighted by atomic mass is 10.1. The monoisotopic (exact) mass is 309 g/mol. The molecule has 3 rings (SSSR count). The summed E-state index contributed by atoms with van der Waals surface area (Å²) in [6, 6.07) is 15.2. The van der Waals surface area contributed by atoms with Crippen molar-refractivity contribution in [2.24, 2.45) is 0 Å². The summed E-state index contributed by atoms with van der Waals surface area (Å²) in [6.07, 6.45) is 0. The fourth-order valence-corrected chi connectivity index (χ4v) is 2.30. The zero-order chi connectivity index (χ0) is 16.4. The molecule has 0 saturated carbocycles. The zero-order valence-corrected chi connectivity index (χ0v) is 12.9. The third kappa shape index (κ3) is 3.31. The molecule has 0 radical (unpaired) electrons. The van der Waals surface area contributed by atoms with E-state index in [-0.39, 0.29) is 11.7 Å². The van der Waals surface area contributed by atoms with Crippen molar-refractivity contribution >= 4 is 11.6 Å². The van der Waals surface area contributed by atoms with E-state index in [4.69, 9.17) is 4.42 Å². The lowest BCUT2D eigenvalue weighted by Crippen LogP contribution is -2.11. The lowest BCUT2D eigenvalue weighted by Gasteiger charge is -2.03. The highest BCUT2D eigenvalue weighted by molar-refractivity contribution is 6.05. The van der Waals surface area contributed by atoms with Crippen LogP contribution in [0.5, 0.6) is 0 Å². The van der Waals surface area contributed by atoms with Crippen LogP contribution in [0.1, 0.15) is 21.7 Å². The molecule has 2 aromatic carbocycles. The highest BCUT2D eigenvalue weighted by Crippen LogP contribution is 2.26. The minimum atomic E-state index is -0.343. The first-order valence-electron chi connectivity index (χ1n) is 7.27. The van der Waals surface area contributed by atoms with Crippen LogP contribution in [0, 0.1) is 19.7 Å². The quantitative estimate of drug-likeness (QED) is 0.743. The molecule has 23 heavy (non-hydrogen) atoms. The van der Waals surface area contributed by atoms with Gasteiger partial charge in [-0.2, -0.15) is 0 Å². The fraction of sp³-hybridized carbons (Fsp3) is 0.105. The first-order valence-corrected chi connectivity index (χ1v) is 7.27. The molecule has 1 N–H and O–H groups in total. The maximum atomic E-state index is 12.9. The molecule has 0 saturated heterocycles. The van der Waals surface area contributed by atoms with Gasteiger partial charge in [-0.05, 0) is 44.2 Å². The second-order valence-corrected chi connectivity index (χ2v) is 5.41. The van der Waals surface area contributed by atoms with Crippen molar-refractivity contribution in [3.63, 3.8) is 0 Å². The Kier molecular flexibility index (Phi) is 3.98. The lowest BCUT2D eigenvalue weighted by molar-refractivity contribution is 0.102. The normalized spacial score (nSPS) is 10.6. The van der Waals surface area contributed by atoms with Gasteiger partial charge in [0.1, 0.15) is 17.3 Å². The van der Waals surface area contributed by atoms with Crippen LogP contribution in [-0.4, -0.2) is 5.91 Å². The number of carbonyl (C=O) groups excluding carboxylic acids is 1. The molecule has 0 aliphatic carbocycles. The molecule has 1 aromatic heterocycles. The molecule has 1 heterocycles. The van der Waals surface area contributed by atoms with Gasteiger partial charge < -0.3 is 9.73 Å². The van der Waals surface area contributed by atoms with Crippen LogP contribution < -0.4 is 5.32 Å². The second-order valence-electron chi connectivity index (χ2n) is 5.41. The number of furan rings is 1. The predicted octanol–water partition coefficient (Wildman–Crippen LogP) is 4.95. The minimum absolute atomic E-state index is 0.281. The Hall–Kier alpha value is -2.88. The number of hydrogen-bond acceptors (Lipinski definition) is 2. The summed E-state index contributed by atoms with van der Waals surface area (Å²) in [7, 11) is 0. The first-order chi connectivity index (χ1) is 11.0. The standard InChI is InChI=1S/C19H16FNO2/c1-12-3-5-14(6-4-12)18-11-17(13(2)23-18)19(22)21-16-9-7-15(20)8-10-16/h3-11H,1-2H3,(H,21,22). The topological polar surface area (TPSA) is 42.2 Å². The van der Waals surface area contributed by atoms with Crippen LogP contribution in [0.4, 0.5) is 10.1 Å².